The number of carbonyl (C=O) groups is 1. The van der Waals surface area contributed by atoms with Crippen LogP contribution in [0, 0.1) is 0 Å². The van der Waals surface area contributed by atoms with Gasteiger partial charge >= 0.3 is 0 Å². The molecular weight excluding hydrogens is 328 g/mol. The maximum absolute atomic E-state index is 12.4. The van der Waals surface area contributed by atoms with E-state index in [0.717, 1.165) is 22.0 Å². The first-order valence-electron chi connectivity index (χ1n) is 8.40. The molecule has 0 bridgehead atoms. The van der Waals surface area contributed by atoms with E-state index in [2.05, 4.69) is 20.6 Å². The molecule has 0 saturated heterocycles. The number of para-hydroxylation sites is 1. The third kappa shape index (κ3) is 2.97. The Morgan fingerprint density at radius 1 is 1.08 bits per heavy atom. The predicted molar refractivity (Wildman–Crippen MR) is 101 cm³/mol. The summed E-state index contributed by atoms with van der Waals surface area (Å²) >= 11 is 0. The van der Waals surface area contributed by atoms with Crippen molar-refractivity contribution in [2.45, 2.75) is 12.5 Å². The second kappa shape index (κ2) is 6.84. The van der Waals surface area contributed by atoms with E-state index in [1.807, 2.05) is 54.6 Å². The fourth-order valence-corrected chi connectivity index (χ4v) is 3.02. The van der Waals surface area contributed by atoms with E-state index in [0.29, 0.717) is 17.8 Å². The van der Waals surface area contributed by atoms with Gasteiger partial charge in [-0.15, -0.1) is 0 Å². The number of rotatable bonds is 5. The van der Waals surface area contributed by atoms with Crippen LogP contribution < -0.4 is 10.6 Å². The topological polar surface area (TPSA) is 80.0 Å². The van der Waals surface area contributed by atoms with Crippen LogP contribution in [0.4, 0.5) is 5.82 Å². The van der Waals surface area contributed by atoms with Gasteiger partial charge in [-0.3, -0.25) is 4.79 Å². The van der Waals surface area contributed by atoms with Crippen LogP contribution in [0.25, 0.3) is 22.1 Å². The van der Waals surface area contributed by atoms with Crippen molar-refractivity contribution in [3.8, 4) is 0 Å². The lowest BCUT2D eigenvalue weighted by Gasteiger charge is -2.17. The molecule has 0 radical (unpaired) electrons. The Labute approximate surface area is 150 Å². The van der Waals surface area contributed by atoms with Crippen molar-refractivity contribution in [1.29, 1.82) is 0 Å². The first kappa shape index (κ1) is 16.1. The average Bonchev–Trinajstić information content (AvgIpc) is 3.07. The molecule has 0 aliphatic rings. The molecule has 0 aliphatic carbocycles. The van der Waals surface area contributed by atoms with Crippen LogP contribution in [-0.4, -0.2) is 29.0 Å². The zero-order chi connectivity index (χ0) is 17.9. The Morgan fingerprint density at radius 3 is 2.65 bits per heavy atom. The van der Waals surface area contributed by atoms with Crippen LogP contribution in [0.2, 0.25) is 0 Å². The van der Waals surface area contributed by atoms with Crippen LogP contribution in [0.1, 0.15) is 5.56 Å². The van der Waals surface area contributed by atoms with Gasteiger partial charge in [-0.2, -0.15) is 0 Å². The molecule has 1 atom stereocenters. The molecule has 1 amide bonds. The van der Waals surface area contributed by atoms with Gasteiger partial charge in [0.25, 0.3) is 0 Å². The molecule has 6 nitrogen and oxygen atoms in total. The van der Waals surface area contributed by atoms with Gasteiger partial charge in [0, 0.05) is 18.9 Å². The Kier molecular flexibility index (Phi) is 4.23. The largest absolute Gasteiger partial charge is 0.450 e. The molecule has 2 N–H and O–H groups in total. The van der Waals surface area contributed by atoms with Crippen molar-refractivity contribution >= 4 is 33.8 Å². The lowest BCUT2D eigenvalue weighted by atomic mass is 10.1. The fraction of sp³-hybridized carbons (Fsp3) is 0.150. The van der Waals surface area contributed by atoms with Crippen molar-refractivity contribution in [3.05, 3.63) is 66.5 Å². The number of furan rings is 1. The summed E-state index contributed by atoms with van der Waals surface area (Å²) in [5.74, 6) is 0.396. The average molecular weight is 346 g/mol. The van der Waals surface area contributed by atoms with E-state index in [1.165, 1.54) is 6.33 Å². The number of likely N-dealkylation sites (N-methyl/N-ethyl adjacent to an activating group) is 1. The van der Waals surface area contributed by atoms with Gasteiger partial charge in [-0.25, -0.2) is 9.97 Å². The van der Waals surface area contributed by atoms with Crippen molar-refractivity contribution < 1.29 is 9.21 Å². The van der Waals surface area contributed by atoms with Gasteiger partial charge in [-0.05, 0) is 17.7 Å². The molecule has 2 heterocycles. The number of anilines is 1. The highest BCUT2D eigenvalue weighted by molar-refractivity contribution is 6.05. The van der Waals surface area contributed by atoms with Gasteiger partial charge in [0.05, 0.1) is 0 Å². The van der Waals surface area contributed by atoms with Gasteiger partial charge < -0.3 is 15.1 Å². The second-order valence-electron chi connectivity index (χ2n) is 6.00. The van der Waals surface area contributed by atoms with Crippen LogP contribution in [0.15, 0.2) is 65.3 Å². The SMILES string of the molecule is CNC(=O)C(Cc1ccccc1)Nc1ncnc2c1oc1ccccc12. The van der Waals surface area contributed by atoms with E-state index in [1.54, 1.807) is 7.05 Å². The van der Waals surface area contributed by atoms with Crippen molar-refractivity contribution in [3.63, 3.8) is 0 Å². The predicted octanol–water partition coefficient (Wildman–Crippen LogP) is 3.15. The molecule has 2 aromatic heterocycles. The maximum atomic E-state index is 12.4. The molecule has 0 spiro atoms. The molecule has 26 heavy (non-hydrogen) atoms. The van der Waals surface area contributed by atoms with Gasteiger partial charge in [0.15, 0.2) is 11.4 Å². The van der Waals surface area contributed by atoms with Gasteiger partial charge in [0.2, 0.25) is 5.91 Å². The molecule has 6 heteroatoms. The summed E-state index contributed by atoms with van der Waals surface area (Å²) in [5.41, 5.74) is 3.08. The van der Waals surface area contributed by atoms with Crippen LogP contribution in [0.5, 0.6) is 0 Å². The summed E-state index contributed by atoms with van der Waals surface area (Å²) in [7, 11) is 1.62. The number of amides is 1. The van der Waals surface area contributed by atoms with Crippen LogP contribution in [-0.2, 0) is 11.2 Å². The summed E-state index contributed by atoms with van der Waals surface area (Å²) < 4.78 is 5.93. The monoisotopic (exact) mass is 346 g/mol. The van der Waals surface area contributed by atoms with Crippen LogP contribution in [0.3, 0.4) is 0 Å². The number of hydrogen-bond donors (Lipinski definition) is 2. The van der Waals surface area contributed by atoms with E-state index >= 15 is 0 Å². The summed E-state index contributed by atoms with van der Waals surface area (Å²) in [6, 6.07) is 17.1. The van der Waals surface area contributed by atoms with E-state index < -0.39 is 6.04 Å². The Bertz CT molecular complexity index is 1060. The smallest absolute Gasteiger partial charge is 0.242 e. The fourth-order valence-electron chi connectivity index (χ4n) is 3.02. The van der Waals surface area contributed by atoms with E-state index in [4.69, 9.17) is 4.42 Å². The highest BCUT2D eigenvalue weighted by atomic mass is 16.3. The van der Waals surface area contributed by atoms with Crippen molar-refractivity contribution in [2.24, 2.45) is 0 Å². The van der Waals surface area contributed by atoms with E-state index in [9.17, 15) is 4.79 Å². The quantitative estimate of drug-likeness (QED) is 0.580. The Morgan fingerprint density at radius 2 is 1.85 bits per heavy atom. The number of benzene rings is 2. The first-order chi connectivity index (χ1) is 12.8. The molecule has 130 valence electrons. The zero-order valence-electron chi connectivity index (χ0n) is 14.3. The Balaban J connectivity index is 1.72. The maximum Gasteiger partial charge on any atom is 0.242 e. The molecule has 0 aliphatic heterocycles. The third-order valence-electron chi connectivity index (χ3n) is 4.31. The zero-order valence-corrected chi connectivity index (χ0v) is 14.3. The molecule has 0 saturated carbocycles. The molecule has 1 unspecified atom stereocenters. The normalized spacial score (nSPS) is 12.2. The first-order valence-corrected chi connectivity index (χ1v) is 8.40. The minimum absolute atomic E-state index is 0.114. The number of carbonyl (C=O) groups excluding carboxylic acids is 1. The lowest BCUT2D eigenvalue weighted by molar-refractivity contribution is -0.121. The van der Waals surface area contributed by atoms with Crippen molar-refractivity contribution in [2.75, 3.05) is 12.4 Å². The standard InChI is InChI=1S/C20H18N4O2/c1-21-20(25)15(11-13-7-3-2-4-8-13)24-19-18-17(22-12-23-19)14-9-5-6-10-16(14)26-18/h2-10,12,15H,11H2,1H3,(H,21,25)(H,22,23,24). The molecular formula is C20H18N4O2. The van der Waals surface area contributed by atoms with Crippen molar-refractivity contribution in [1.82, 2.24) is 15.3 Å². The van der Waals surface area contributed by atoms with Crippen LogP contribution >= 0.6 is 0 Å². The Hall–Kier alpha value is -3.41. The van der Waals surface area contributed by atoms with Gasteiger partial charge in [0.1, 0.15) is 23.5 Å². The molecule has 4 aromatic rings. The number of hydrogen-bond acceptors (Lipinski definition) is 5. The van der Waals surface area contributed by atoms with E-state index in [-0.39, 0.29) is 5.91 Å². The summed E-state index contributed by atoms with van der Waals surface area (Å²) in [6.45, 7) is 0. The number of nitrogens with one attached hydrogen (secondary N) is 2. The molecule has 2 aromatic carbocycles. The summed E-state index contributed by atoms with van der Waals surface area (Å²) in [6.07, 6.45) is 2.02. The minimum atomic E-state index is -0.478. The highest BCUT2D eigenvalue weighted by Gasteiger charge is 2.21. The number of fused-ring (bicyclic) bond motifs is 3. The summed E-state index contributed by atoms with van der Waals surface area (Å²) in [5, 5.41) is 6.85. The lowest BCUT2D eigenvalue weighted by Crippen LogP contribution is -2.39. The number of aromatic nitrogens is 2. The number of nitrogens with zero attached hydrogens (tertiary/aromatic N) is 2. The second-order valence-corrected chi connectivity index (χ2v) is 6.00. The molecule has 0 fully saturated rings. The third-order valence-corrected chi connectivity index (χ3v) is 4.31. The minimum Gasteiger partial charge on any atom is -0.450 e. The van der Waals surface area contributed by atoms with Gasteiger partial charge in [-0.1, -0.05) is 42.5 Å². The molecule has 4 rings (SSSR count). The summed E-state index contributed by atoms with van der Waals surface area (Å²) in [4.78, 5) is 21.0. The highest BCUT2D eigenvalue weighted by Crippen LogP contribution is 2.30.